The van der Waals surface area contributed by atoms with E-state index in [2.05, 4.69) is 32.4 Å². The summed E-state index contributed by atoms with van der Waals surface area (Å²) in [5.74, 6) is 3.68. The Kier molecular flexibility index (Phi) is 8.29. The van der Waals surface area contributed by atoms with Crippen LogP contribution in [0, 0.1) is 12.3 Å². The molecular formula is C25H21BrN2O4. The lowest BCUT2D eigenvalue weighted by molar-refractivity contribution is 0.0954. The lowest BCUT2D eigenvalue weighted by Gasteiger charge is -2.12. The molecule has 0 atom stereocenters. The van der Waals surface area contributed by atoms with Gasteiger partial charge in [0.15, 0.2) is 11.5 Å². The first-order valence-electron chi connectivity index (χ1n) is 9.64. The monoisotopic (exact) mass is 492 g/mol. The van der Waals surface area contributed by atoms with Crippen LogP contribution in [0.5, 0.6) is 17.2 Å². The highest BCUT2D eigenvalue weighted by atomic mass is 79.9. The van der Waals surface area contributed by atoms with Crippen LogP contribution in [0.2, 0.25) is 0 Å². The number of halogens is 1. The molecule has 162 valence electrons. The van der Waals surface area contributed by atoms with Crippen molar-refractivity contribution in [2.45, 2.75) is 6.61 Å². The van der Waals surface area contributed by atoms with Crippen LogP contribution in [0.15, 0.2) is 76.3 Å². The first-order chi connectivity index (χ1) is 15.6. The second-order valence-electron chi connectivity index (χ2n) is 6.52. The number of carbonyl (C=O) groups excluding carboxylic acids is 1. The maximum absolute atomic E-state index is 12.5. The average molecular weight is 493 g/mol. The van der Waals surface area contributed by atoms with Gasteiger partial charge in [-0.2, -0.15) is 5.10 Å². The van der Waals surface area contributed by atoms with Crippen LogP contribution in [-0.4, -0.2) is 25.8 Å². The van der Waals surface area contributed by atoms with Crippen LogP contribution in [0.1, 0.15) is 21.5 Å². The van der Waals surface area contributed by atoms with E-state index >= 15 is 0 Å². The van der Waals surface area contributed by atoms with E-state index in [1.54, 1.807) is 30.3 Å². The summed E-state index contributed by atoms with van der Waals surface area (Å²) >= 11 is 3.42. The first kappa shape index (κ1) is 22.9. The third kappa shape index (κ3) is 6.37. The summed E-state index contributed by atoms with van der Waals surface area (Å²) in [4.78, 5) is 12.5. The molecule has 3 aromatic carbocycles. The molecule has 0 spiro atoms. The fourth-order valence-electron chi connectivity index (χ4n) is 2.73. The molecule has 0 bridgehead atoms. The van der Waals surface area contributed by atoms with Crippen molar-refractivity contribution in [1.82, 2.24) is 5.43 Å². The van der Waals surface area contributed by atoms with Gasteiger partial charge >= 0.3 is 0 Å². The van der Waals surface area contributed by atoms with Gasteiger partial charge in [0, 0.05) is 5.56 Å². The maximum atomic E-state index is 12.5. The molecule has 3 aromatic rings. The van der Waals surface area contributed by atoms with E-state index in [4.69, 9.17) is 20.6 Å². The largest absolute Gasteiger partial charge is 0.493 e. The molecule has 0 saturated carbocycles. The van der Waals surface area contributed by atoms with Gasteiger partial charge in [0.05, 0.1) is 17.8 Å². The Labute approximate surface area is 195 Å². The van der Waals surface area contributed by atoms with E-state index in [1.807, 2.05) is 36.4 Å². The lowest BCUT2D eigenvalue weighted by Crippen LogP contribution is -2.17. The van der Waals surface area contributed by atoms with Gasteiger partial charge in [-0.1, -0.05) is 36.3 Å². The predicted octanol–water partition coefficient (Wildman–Crippen LogP) is 4.81. The number of hydrogen-bond donors (Lipinski definition) is 1. The molecule has 0 aliphatic rings. The number of nitrogens with zero attached hydrogens (tertiary/aromatic N) is 1. The Morgan fingerprint density at radius 1 is 1.06 bits per heavy atom. The van der Waals surface area contributed by atoms with Gasteiger partial charge < -0.3 is 14.2 Å². The molecule has 0 heterocycles. The van der Waals surface area contributed by atoms with Crippen LogP contribution in [-0.2, 0) is 6.61 Å². The summed E-state index contributed by atoms with van der Waals surface area (Å²) in [5.41, 5.74) is 4.71. The van der Waals surface area contributed by atoms with Gasteiger partial charge in [0.25, 0.3) is 5.91 Å². The summed E-state index contributed by atoms with van der Waals surface area (Å²) in [7, 11) is 1.53. The standard InChI is InChI=1S/C25H21BrN2O4/c1-3-13-31-22-11-9-19(14-21(22)26)16-27-28-25(29)20-10-12-23(24(15-20)30-2)32-17-18-7-5-4-6-8-18/h1,4-12,14-16H,13,17H2,2H3,(H,28,29)/b27-16+. The van der Waals surface area contributed by atoms with Crippen molar-refractivity contribution in [3.05, 3.63) is 87.9 Å². The Hall–Kier alpha value is -3.76. The third-order valence-electron chi connectivity index (χ3n) is 4.31. The highest BCUT2D eigenvalue weighted by Gasteiger charge is 2.11. The number of hydrogen-bond acceptors (Lipinski definition) is 5. The Morgan fingerprint density at radius 2 is 1.84 bits per heavy atom. The molecule has 0 aromatic heterocycles. The van der Waals surface area contributed by atoms with Crippen molar-refractivity contribution < 1.29 is 19.0 Å². The molecule has 0 saturated heterocycles. The second kappa shape index (κ2) is 11.6. The normalized spacial score (nSPS) is 10.4. The van der Waals surface area contributed by atoms with Crippen LogP contribution in [0.4, 0.5) is 0 Å². The SMILES string of the molecule is C#CCOc1ccc(/C=N/NC(=O)c2ccc(OCc3ccccc3)c(OC)c2)cc1Br. The van der Waals surface area contributed by atoms with Crippen molar-refractivity contribution in [2.24, 2.45) is 5.10 Å². The fraction of sp³-hybridized carbons (Fsp3) is 0.120. The van der Waals surface area contributed by atoms with Crippen molar-refractivity contribution >= 4 is 28.1 Å². The van der Waals surface area contributed by atoms with Gasteiger partial charge in [-0.3, -0.25) is 4.79 Å². The van der Waals surface area contributed by atoms with E-state index in [-0.39, 0.29) is 12.5 Å². The number of nitrogens with one attached hydrogen (secondary N) is 1. The number of ether oxygens (including phenoxy) is 3. The van der Waals surface area contributed by atoms with Crippen molar-refractivity contribution in [1.29, 1.82) is 0 Å². The van der Waals surface area contributed by atoms with E-state index in [9.17, 15) is 4.79 Å². The Morgan fingerprint density at radius 3 is 2.56 bits per heavy atom. The fourth-order valence-corrected chi connectivity index (χ4v) is 3.24. The zero-order chi connectivity index (χ0) is 22.8. The first-order valence-corrected chi connectivity index (χ1v) is 10.4. The quantitative estimate of drug-likeness (QED) is 0.264. The zero-order valence-corrected chi connectivity index (χ0v) is 19.0. The number of hydrazone groups is 1. The van der Waals surface area contributed by atoms with Gasteiger partial charge in [-0.05, 0) is 63.5 Å². The molecule has 32 heavy (non-hydrogen) atoms. The van der Waals surface area contributed by atoms with Gasteiger partial charge in [0.1, 0.15) is 19.0 Å². The average Bonchev–Trinajstić information content (AvgIpc) is 2.82. The van der Waals surface area contributed by atoms with Crippen molar-refractivity contribution in [3.8, 4) is 29.6 Å². The second-order valence-corrected chi connectivity index (χ2v) is 7.38. The van der Waals surface area contributed by atoms with E-state index in [1.165, 1.54) is 13.3 Å². The predicted molar refractivity (Wildman–Crippen MR) is 127 cm³/mol. The Bertz CT molecular complexity index is 1140. The van der Waals surface area contributed by atoms with Crippen molar-refractivity contribution in [3.63, 3.8) is 0 Å². The highest BCUT2D eigenvalue weighted by molar-refractivity contribution is 9.10. The van der Waals surface area contributed by atoms with Crippen LogP contribution >= 0.6 is 15.9 Å². The summed E-state index contributed by atoms with van der Waals surface area (Å²) in [5, 5.41) is 4.01. The summed E-state index contributed by atoms with van der Waals surface area (Å²) in [6.07, 6.45) is 6.73. The minimum Gasteiger partial charge on any atom is -0.493 e. The number of terminal acetylenes is 1. The number of benzene rings is 3. The highest BCUT2D eigenvalue weighted by Crippen LogP contribution is 2.29. The molecule has 0 radical (unpaired) electrons. The molecule has 7 heteroatoms. The molecule has 3 rings (SSSR count). The number of rotatable bonds is 9. The van der Waals surface area contributed by atoms with Crippen molar-refractivity contribution in [2.75, 3.05) is 13.7 Å². The Balaban J connectivity index is 1.61. The summed E-state index contributed by atoms with van der Waals surface area (Å²) < 4.78 is 17.3. The number of carbonyl (C=O) groups is 1. The molecule has 1 N–H and O–H groups in total. The third-order valence-corrected chi connectivity index (χ3v) is 4.93. The smallest absolute Gasteiger partial charge is 0.271 e. The summed E-state index contributed by atoms with van der Waals surface area (Å²) in [6, 6.07) is 20.1. The summed E-state index contributed by atoms with van der Waals surface area (Å²) in [6.45, 7) is 0.580. The topological polar surface area (TPSA) is 69.2 Å². The molecule has 1 amide bonds. The number of methoxy groups -OCH3 is 1. The van der Waals surface area contributed by atoms with Crippen LogP contribution in [0.3, 0.4) is 0 Å². The lowest BCUT2D eigenvalue weighted by atomic mass is 10.2. The van der Waals surface area contributed by atoms with Crippen LogP contribution in [0.25, 0.3) is 0 Å². The molecular weight excluding hydrogens is 472 g/mol. The maximum Gasteiger partial charge on any atom is 0.271 e. The molecule has 0 aliphatic heterocycles. The van der Waals surface area contributed by atoms with Gasteiger partial charge in [0.2, 0.25) is 0 Å². The van der Waals surface area contributed by atoms with Crippen LogP contribution < -0.4 is 19.6 Å². The molecule has 6 nitrogen and oxygen atoms in total. The van der Waals surface area contributed by atoms with E-state index in [0.717, 1.165) is 15.6 Å². The zero-order valence-electron chi connectivity index (χ0n) is 17.4. The molecule has 0 fully saturated rings. The van der Waals surface area contributed by atoms with E-state index < -0.39 is 0 Å². The molecule has 0 unspecified atom stereocenters. The van der Waals surface area contributed by atoms with E-state index in [0.29, 0.717) is 29.4 Å². The minimum absolute atomic E-state index is 0.182. The van der Waals surface area contributed by atoms with Gasteiger partial charge in [-0.25, -0.2) is 5.43 Å². The molecule has 0 aliphatic carbocycles. The number of amides is 1. The minimum atomic E-state index is -0.373. The van der Waals surface area contributed by atoms with Gasteiger partial charge in [-0.15, -0.1) is 6.42 Å².